The third-order valence-corrected chi connectivity index (χ3v) is 3.09. The Balaban J connectivity index is 2.00. The summed E-state index contributed by atoms with van der Waals surface area (Å²) in [6, 6.07) is 6.00. The number of nitrogens with one attached hydrogen (secondary N) is 2. The predicted molar refractivity (Wildman–Crippen MR) is 67.0 cm³/mol. The zero-order valence-corrected chi connectivity index (χ0v) is 10.2. The SMILES string of the molecule is COC(=O)[C@@H](C)NCc1cccc2c1NCC2. The Bertz CT molecular complexity index is 418. The second-order valence-electron chi connectivity index (χ2n) is 4.25. The van der Waals surface area contributed by atoms with Crippen LogP contribution in [0.3, 0.4) is 0 Å². The van der Waals surface area contributed by atoms with Crippen LogP contribution in [0.5, 0.6) is 0 Å². The maximum Gasteiger partial charge on any atom is 0.322 e. The molecule has 4 nitrogen and oxygen atoms in total. The minimum Gasteiger partial charge on any atom is -0.468 e. The molecule has 4 heteroatoms. The quantitative estimate of drug-likeness (QED) is 0.771. The van der Waals surface area contributed by atoms with E-state index < -0.39 is 0 Å². The molecule has 2 N–H and O–H groups in total. The zero-order valence-electron chi connectivity index (χ0n) is 10.2. The molecule has 2 rings (SSSR count). The summed E-state index contributed by atoms with van der Waals surface area (Å²) in [5, 5.41) is 6.54. The fourth-order valence-corrected chi connectivity index (χ4v) is 2.08. The number of carbonyl (C=O) groups is 1. The van der Waals surface area contributed by atoms with Crippen molar-refractivity contribution in [3.05, 3.63) is 29.3 Å². The first-order chi connectivity index (χ1) is 8.22. The van der Waals surface area contributed by atoms with Gasteiger partial charge in [0.1, 0.15) is 6.04 Å². The average molecular weight is 234 g/mol. The molecular formula is C13H18N2O2. The summed E-state index contributed by atoms with van der Waals surface area (Å²) >= 11 is 0. The second-order valence-corrected chi connectivity index (χ2v) is 4.25. The van der Waals surface area contributed by atoms with E-state index in [1.165, 1.54) is 23.9 Å². The van der Waals surface area contributed by atoms with Crippen LogP contribution in [0.1, 0.15) is 18.1 Å². The van der Waals surface area contributed by atoms with Crippen LogP contribution in [-0.4, -0.2) is 25.7 Å². The summed E-state index contributed by atoms with van der Waals surface area (Å²) in [7, 11) is 1.41. The predicted octanol–water partition coefficient (Wildman–Crippen LogP) is 1.31. The Morgan fingerprint density at radius 2 is 2.41 bits per heavy atom. The fourth-order valence-electron chi connectivity index (χ4n) is 2.08. The number of anilines is 1. The summed E-state index contributed by atoms with van der Waals surface area (Å²) in [4.78, 5) is 11.3. The summed E-state index contributed by atoms with van der Waals surface area (Å²) in [5.41, 5.74) is 3.78. The number of rotatable bonds is 4. The standard InChI is InChI=1S/C13H18N2O2/c1-9(13(16)17-2)15-8-11-5-3-4-10-6-7-14-12(10)11/h3-5,9,14-15H,6-8H2,1-2H3/t9-/m1/s1. The van der Waals surface area contributed by atoms with Crippen LogP contribution in [0.4, 0.5) is 5.69 Å². The van der Waals surface area contributed by atoms with Gasteiger partial charge in [0.15, 0.2) is 0 Å². The van der Waals surface area contributed by atoms with Crippen LogP contribution < -0.4 is 10.6 Å². The fraction of sp³-hybridized carbons (Fsp3) is 0.462. The molecule has 1 atom stereocenters. The molecule has 1 aliphatic rings. The summed E-state index contributed by atoms with van der Waals surface area (Å²) in [6.07, 6.45) is 1.08. The van der Waals surface area contributed by atoms with Gasteiger partial charge in [-0.2, -0.15) is 0 Å². The van der Waals surface area contributed by atoms with E-state index in [-0.39, 0.29) is 12.0 Å². The highest BCUT2D eigenvalue weighted by atomic mass is 16.5. The molecule has 0 bridgehead atoms. The van der Waals surface area contributed by atoms with Crippen molar-refractivity contribution in [3.63, 3.8) is 0 Å². The normalized spacial score (nSPS) is 14.9. The molecule has 0 amide bonds. The molecule has 92 valence electrons. The van der Waals surface area contributed by atoms with Crippen molar-refractivity contribution in [2.75, 3.05) is 19.0 Å². The van der Waals surface area contributed by atoms with E-state index in [9.17, 15) is 4.79 Å². The van der Waals surface area contributed by atoms with E-state index in [0.29, 0.717) is 6.54 Å². The van der Waals surface area contributed by atoms with Gasteiger partial charge in [-0.15, -0.1) is 0 Å². The molecule has 1 aromatic rings. The first kappa shape index (κ1) is 11.9. The van der Waals surface area contributed by atoms with Gasteiger partial charge < -0.3 is 15.4 Å². The number of methoxy groups -OCH3 is 1. The summed E-state index contributed by atoms with van der Waals surface area (Å²) in [5.74, 6) is -0.231. The van der Waals surface area contributed by atoms with Gasteiger partial charge in [-0.3, -0.25) is 4.79 Å². The topological polar surface area (TPSA) is 50.4 Å². The van der Waals surface area contributed by atoms with Gasteiger partial charge in [0, 0.05) is 18.8 Å². The molecule has 0 unspecified atom stereocenters. The highest BCUT2D eigenvalue weighted by Gasteiger charge is 2.16. The molecule has 0 aliphatic carbocycles. The number of esters is 1. The Morgan fingerprint density at radius 1 is 1.59 bits per heavy atom. The molecule has 0 aromatic heterocycles. The molecule has 17 heavy (non-hydrogen) atoms. The molecule has 0 saturated carbocycles. The van der Waals surface area contributed by atoms with E-state index in [1.54, 1.807) is 0 Å². The molecule has 0 spiro atoms. The first-order valence-corrected chi connectivity index (χ1v) is 5.88. The number of para-hydroxylation sites is 1. The van der Waals surface area contributed by atoms with Crippen LogP contribution in [0.25, 0.3) is 0 Å². The largest absolute Gasteiger partial charge is 0.468 e. The summed E-state index contributed by atoms with van der Waals surface area (Å²) < 4.78 is 4.68. The number of hydrogen-bond acceptors (Lipinski definition) is 4. The van der Waals surface area contributed by atoms with Crippen molar-refractivity contribution in [1.82, 2.24) is 5.32 Å². The number of hydrogen-bond donors (Lipinski definition) is 2. The number of carbonyl (C=O) groups excluding carboxylic acids is 1. The van der Waals surface area contributed by atoms with Gasteiger partial charge in [-0.1, -0.05) is 18.2 Å². The first-order valence-electron chi connectivity index (χ1n) is 5.88. The van der Waals surface area contributed by atoms with Crippen molar-refractivity contribution < 1.29 is 9.53 Å². The van der Waals surface area contributed by atoms with Gasteiger partial charge in [0.05, 0.1) is 7.11 Å². The lowest BCUT2D eigenvalue weighted by atomic mass is 10.1. The Morgan fingerprint density at radius 3 is 3.18 bits per heavy atom. The van der Waals surface area contributed by atoms with Crippen molar-refractivity contribution in [1.29, 1.82) is 0 Å². The van der Waals surface area contributed by atoms with Crippen LogP contribution in [0.15, 0.2) is 18.2 Å². The number of fused-ring (bicyclic) bond motifs is 1. The average Bonchev–Trinajstić information content (AvgIpc) is 2.83. The molecule has 0 radical (unpaired) electrons. The number of benzene rings is 1. The maximum absolute atomic E-state index is 11.3. The maximum atomic E-state index is 11.3. The third kappa shape index (κ3) is 2.58. The van der Waals surface area contributed by atoms with Gasteiger partial charge in [0.25, 0.3) is 0 Å². The van der Waals surface area contributed by atoms with Crippen LogP contribution in [0, 0.1) is 0 Å². The Hall–Kier alpha value is -1.55. The third-order valence-electron chi connectivity index (χ3n) is 3.09. The molecule has 1 aromatic carbocycles. The Labute approximate surface area is 101 Å². The van der Waals surface area contributed by atoms with Crippen LogP contribution >= 0.6 is 0 Å². The minimum atomic E-state index is -0.280. The smallest absolute Gasteiger partial charge is 0.322 e. The van der Waals surface area contributed by atoms with E-state index >= 15 is 0 Å². The Kier molecular flexibility index (Phi) is 3.64. The van der Waals surface area contributed by atoms with Gasteiger partial charge >= 0.3 is 5.97 Å². The van der Waals surface area contributed by atoms with Crippen molar-refractivity contribution in [3.8, 4) is 0 Å². The molecular weight excluding hydrogens is 216 g/mol. The lowest BCUT2D eigenvalue weighted by Crippen LogP contribution is -2.34. The van der Waals surface area contributed by atoms with Crippen molar-refractivity contribution in [2.24, 2.45) is 0 Å². The molecule has 1 heterocycles. The van der Waals surface area contributed by atoms with E-state index in [0.717, 1.165) is 13.0 Å². The van der Waals surface area contributed by atoms with E-state index in [4.69, 9.17) is 0 Å². The van der Waals surface area contributed by atoms with Gasteiger partial charge in [-0.05, 0) is 24.5 Å². The second kappa shape index (κ2) is 5.19. The highest BCUT2D eigenvalue weighted by Crippen LogP contribution is 2.26. The van der Waals surface area contributed by atoms with E-state index in [1.807, 2.05) is 6.92 Å². The van der Waals surface area contributed by atoms with Crippen LogP contribution in [-0.2, 0) is 22.5 Å². The van der Waals surface area contributed by atoms with Gasteiger partial charge in [-0.25, -0.2) is 0 Å². The van der Waals surface area contributed by atoms with E-state index in [2.05, 4.69) is 33.6 Å². The highest BCUT2D eigenvalue weighted by molar-refractivity contribution is 5.75. The monoisotopic (exact) mass is 234 g/mol. The van der Waals surface area contributed by atoms with Crippen molar-refractivity contribution >= 4 is 11.7 Å². The summed E-state index contributed by atoms with van der Waals surface area (Å²) in [6.45, 7) is 3.48. The number of ether oxygens (including phenoxy) is 1. The van der Waals surface area contributed by atoms with Crippen molar-refractivity contribution in [2.45, 2.75) is 25.9 Å². The molecule has 0 fully saturated rings. The minimum absolute atomic E-state index is 0.231. The zero-order chi connectivity index (χ0) is 12.3. The lowest BCUT2D eigenvalue weighted by molar-refractivity contribution is -0.142. The lowest BCUT2D eigenvalue weighted by Gasteiger charge is -2.13. The molecule has 1 aliphatic heterocycles. The van der Waals surface area contributed by atoms with Crippen LogP contribution in [0.2, 0.25) is 0 Å². The van der Waals surface area contributed by atoms with Gasteiger partial charge in [0.2, 0.25) is 0 Å². The molecule has 0 saturated heterocycles.